The maximum Gasteiger partial charge on any atom is 0.337 e. The third kappa shape index (κ3) is 6.76. The largest absolute Gasteiger partial charge is 0.493 e. The van der Waals surface area contributed by atoms with E-state index in [-0.39, 0.29) is 6.54 Å². The quantitative estimate of drug-likeness (QED) is 0.440. The number of hydrogen-bond acceptors (Lipinski definition) is 8. The van der Waals surface area contributed by atoms with Gasteiger partial charge in [-0.15, -0.1) is 0 Å². The Morgan fingerprint density at radius 2 is 1.53 bits per heavy atom. The van der Waals surface area contributed by atoms with Gasteiger partial charge in [0.2, 0.25) is 5.75 Å². The molecule has 9 nitrogen and oxygen atoms in total. The maximum atomic E-state index is 11.9. The smallest absolute Gasteiger partial charge is 0.337 e. The molecule has 0 aliphatic carbocycles. The summed E-state index contributed by atoms with van der Waals surface area (Å²) in [5.41, 5.74) is 1.81. The SMILES string of the molecule is COC(=O)c1ccc(CNC(=O)COC(=O)/C=C/c2cc(OC)c(OC)c(OC)c2)cc1. The average molecular weight is 443 g/mol. The summed E-state index contributed by atoms with van der Waals surface area (Å²) in [4.78, 5) is 35.3. The van der Waals surface area contributed by atoms with Crippen LogP contribution in [0.1, 0.15) is 21.5 Å². The summed E-state index contributed by atoms with van der Waals surface area (Å²) in [6.45, 7) is -0.211. The minimum atomic E-state index is -0.684. The number of amides is 1. The highest BCUT2D eigenvalue weighted by Gasteiger charge is 2.12. The Morgan fingerprint density at radius 3 is 2.06 bits per heavy atom. The second-order valence-corrected chi connectivity index (χ2v) is 6.36. The van der Waals surface area contributed by atoms with Crippen molar-refractivity contribution in [2.75, 3.05) is 35.0 Å². The fourth-order valence-electron chi connectivity index (χ4n) is 2.67. The molecule has 170 valence electrons. The van der Waals surface area contributed by atoms with Crippen LogP contribution < -0.4 is 19.5 Å². The van der Waals surface area contributed by atoms with Crippen LogP contribution in [-0.2, 0) is 25.6 Å². The molecule has 9 heteroatoms. The third-order valence-corrected chi connectivity index (χ3v) is 4.31. The van der Waals surface area contributed by atoms with Gasteiger partial charge >= 0.3 is 11.9 Å². The fourth-order valence-corrected chi connectivity index (χ4v) is 2.67. The number of ether oxygens (including phenoxy) is 5. The Labute approximate surface area is 185 Å². The number of nitrogens with one attached hydrogen (secondary N) is 1. The number of methoxy groups -OCH3 is 4. The van der Waals surface area contributed by atoms with E-state index in [1.165, 1.54) is 40.6 Å². The summed E-state index contributed by atoms with van der Waals surface area (Å²) in [5, 5.41) is 2.63. The molecule has 32 heavy (non-hydrogen) atoms. The lowest BCUT2D eigenvalue weighted by atomic mass is 10.1. The Bertz CT molecular complexity index is 957. The lowest BCUT2D eigenvalue weighted by molar-refractivity contribution is -0.143. The number of rotatable bonds is 10. The average Bonchev–Trinajstić information content (AvgIpc) is 2.83. The van der Waals surface area contributed by atoms with Crippen LogP contribution in [-0.4, -0.2) is 52.9 Å². The molecule has 1 N–H and O–H groups in total. The van der Waals surface area contributed by atoms with Gasteiger partial charge in [-0.3, -0.25) is 4.79 Å². The first-order chi connectivity index (χ1) is 15.4. The summed E-state index contributed by atoms with van der Waals surface area (Å²) in [5.74, 6) is -0.260. The molecule has 0 unspecified atom stereocenters. The van der Waals surface area contributed by atoms with Crippen molar-refractivity contribution in [2.24, 2.45) is 0 Å². The van der Waals surface area contributed by atoms with Crippen molar-refractivity contribution >= 4 is 23.9 Å². The van der Waals surface area contributed by atoms with E-state index in [1.807, 2.05) is 0 Å². The van der Waals surface area contributed by atoms with Crippen LogP contribution in [0.15, 0.2) is 42.5 Å². The topological polar surface area (TPSA) is 109 Å². The Balaban J connectivity index is 1.85. The molecule has 0 aliphatic rings. The van der Waals surface area contributed by atoms with Gasteiger partial charge < -0.3 is 29.0 Å². The third-order valence-electron chi connectivity index (χ3n) is 4.31. The second-order valence-electron chi connectivity index (χ2n) is 6.36. The van der Waals surface area contributed by atoms with Gasteiger partial charge in [0, 0.05) is 12.6 Å². The van der Waals surface area contributed by atoms with Gasteiger partial charge in [0.15, 0.2) is 18.1 Å². The van der Waals surface area contributed by atoms with Crippen molar-refractivity contribution in [3.05, 3.63) is 59.2 Å². The van der Waals surface area contributed by atoms with Gasteiger partial charge in [-0.05, 0) is 41.5 Å². The van der Waals surface area contributed by atoms with Crippen LogP contribution in [0, 0.1) is 0 Å². The predicted molar refractivity (Wildman–Crippen MR) is 116 cm³/mol. The first-order valence-electron chi connectivity index (χ1n) is 9.50. The van der Waals surface area contributed by atoms with E-state index in [4.69, 9.17) is 18.9 Å². The molecular formula is C23H25NO8. The molecule has 0 aliphatic heterocycles. The van der Waals surface area contributed by atoms with Gasteiger partial charge in [0.25, 0.3) is 5.91 Å². The van der Waals surface area contributed by atoms with Gasteiger partial charge in [0.05, 0.1) is 34.0 Å². The summed E-state index contributed by atoms with van der Waals surface area (Å²) in [7, 11) is 5.78. The Hall–Kier alpha value is -4.01. The minimum absolute atomic E-state index is 0.221. The molecule has 0 bridgehead atoms. The van der Waals surface area contributed by atoms with E-state index >= 15 is 0 Å². The molecule has 0 fully saturated rings. The van der Waals surface area contributed by atoms with Crippen LogP contribution >= 0.6 is 0 Å². The molecule has 0 heterocycles. The monoisotopic (exact) mass is 443 g/mol. The van der Waals surface area contributed by atoms with Crippen LogP contribution in [0.4, 0.5) is 0 Å². The fraction of sp³-hybridized carbons (Fsp3) is 0.261. The highest BCUT2D eigenvalue weighted by atomic mass is 16.5. The number of hydrogen-bond donors (Lipinski definition) is 1. The van der Waals surface area contributed by atoms with Crippen LogP contribution in [0.25, 0.3) is 6.08 Å². The zero-order valence-corrected chi connectivity index (χ0v) is 18.3. The van der Waals surface area contributed by atoms with E-state index < -0.39 is 24.5 Å². The van der Waals surface area contributed by atoms with Crippen LogP contribution in [0.5, 0.6) is 17.2 Å². The summed E-state index contributed by atoms with van der Waals surface area (Å²) in [6, 6.07) is 9.92. The second kappa shape index (κ2) is 12.0. The Kier molecular flexibility index (Phi) is 9.09. The zero-order chi connectivity index (χ0) is 23.5. The lowest BCUT2D eigenvalue weighted by Gasteiger charge is -2.12. The van der Waals surface area contributed by atoms with Crippen molar-refractivity contribution in [2.45, 2.75) is 6.54 Å². The van der Waals surface area contributed by atoms with Crippen molar-refractivity contribution in [1.29, 1.82) is 0 Å². The molecule has 0 radical (unpaired) electrons. The summed E-state index contributed by atoms with van der Waals surface area (Å²) >= 11 is 0. The normalized spacial score (nSPS) is 10.4. The van der Waals surface area contributed by atoms with Crippen LogP contribution in [0.2, 0.25) is 0 Å². The van der Waals surface area contributed by atoms with E-state index in [9.17, 15) is 14.4 Å². The van der Waals surface area contributed by atoms with Crippen LogP contribution in [0.3, 0.4) is 0 Å². The summed E-state index contributed by atoms with van der Waals surface area (Å²) < 4.78 is 25.4. The van der Waals surface area contributed by atoms with Crippen molar-refractivity contribution < 1.29 is 38.1 Å². The highest BCUT2D eigenvalue weighted by molar-refractivity contribution is 5.90. The van der Waals surface area contributed by atoms with Gasteiger partial charge in [-0.1, -0.05) is 12.1 Å². The predicted octanol–water partition coefficient (Wildman–Crippen LogP) is 2.37. The zero-order valence-electron chi connectivity index (χ0n) is 18.3. The summed E-state index contributed by atoms with van der Waals surface area (Å²) in [6.07, 6.45) is 2.70. The highest BCUT2D eigenvalue weighted by Crippen LogP contribution is 2.38. The molecule has 0 aromatic heterocycles. The molecular weight excluding hydrogens is 418 g/mol. The van der Waals surface area contributed by atoms with Crippen molar-refractivity contribution in [3.63, 3.8) is 0 Å². The molecule has 0 saturated carbocycles. The number of carbonyl (C=O) groups is 3. The van der Waals surface area contributed by atoms with Crippen molar-refractivity contribution in [3.8, 4) is 17.2 Å². The number of esters is 2. The van der Waals surface area contributed by atoms with E-state index in [1.54, 1.807) is 36.4 Å². The molecule has 0 atom stereocenters. The first-order valence-corrected chi connectivity index (χ1v) is 9.50. The van der Waals surface area contributed by atoms with Gasteiger partial charge in [0.1, 0.15) is 0 Å². The molecule has 0 spiro atoms. The van der Waals surface area contributed by atoms with E-state index in [0.717, 1.165) is 5.56 Å². The standard InChI is InChI=1S/C23H25NO8/c1-28-18-11-16(12-19(29-2)22(18)30-3)7-10-21(26)32-14-20(25)24-13-15-5-8-17(9-6-15)23(27)31-4/h5-12H,13-14H2,1-4H3,(H,24,25)/b10-7+. The Morgan fingerprint density at radius 1 is 0.906 bits per heavy atom. The first kappa shape index (κ1) is 24.3. The number of benzene rings is 2. The molecule has 2 rings (SSSR count). The molecule has 0 saturated heterocycles. The van der Waals surface area contributed by atoms with E-state index in [2.05, 4.69) is 10.1 Å². The molecule has 2 aromatic carbocycles. The van der Waals surface area contributed by atoms with Gasteiger partial charge in [-0.2, -0.15) is 0 Å². The van der Waals surface area contributed by atoms with E-state index in [0.29, 0.717) is 28.4 Å². The molecule has 1 amide bonds. The lowest BCUT2D eigenvalue weighted by Crippen LogP contribution is -2.28. The van der Waals surface area contributed by atoms with Gasteiger partial charge in [-0.25, -0.2) is 9.59 Å². The maximum absolute atomic E-state index is 11.9. The van der Waals surface area contributed by atoms with Crippen molar-refractivity contribution in [1.82, 2.24) is 5.32 Å². The molecule has 2 aromatic rings. The minimum Gasteiger partial charge on any atom is -0.493 e. The number of carbonyl (C=O) groups excluding carboxylic acids is 3.